The lowest BCUT2D eigenvalue weighted by Gasteiger charge is -2.11. The van der Waals surface area contributed by atoms with Crippen LogP contribution in [0.25, 0.3) is 11.0 Å². The fourth-order valence-corrected chi connectivity index (χ4v) is 1.95. The van der Waals surface area contributed by atoms with E-state index in [9.17, 15) is 4.79 Å². The Hall–Kier alpha value is -2.17. The number of carbonyl (C=O) groups excluding carboxylic acids is 1. The highest BCUT2D eigenvalue weighted by molar-refractivity contribution is 5.99. The SMILES string of the molecule is CCC(=O)c1cc2cc(OC)c(OC)c(OC)c2o1. The summed E-state index contributed by atoms with van der Waals surface area (Å²) in [5.41, 5.74) is 0.483. The molecule has 0 spiro atoms. The van der Waals surface area contributed by atoms with E-state index in [1.807, 2.05) is 0 Å². The highest BCUT2D eigenvalue weighted by Crippen LogP contribution is 2.44. The molecule has 0 saturated heterocycles. The summed E-state index contributed by atoms with van der Waals surface area (Å²) in [4.78, 5) is 11.7. The molecule has 0 bridgehead atoms. The number of fused-ring (bicyclic) bond motifs is 1. The average molecular weight is 264 g/mol. The average Bonchev–Trinajstić information content (AvgIpc) is 2.87. The van der Waals surface area contributed by atoms with Crippen molar-refractivity contribution < 1.29 is 23.4 Å². The summed E-state index contributed by atoms with van der Waals surface area (Å²) in [5, 5.41) is 0.742. The van der Waals surface area contributed by atoms with Crippen LogP contribution in [0.5, 0.6) is 17.2 Å². The summed E-state index contributed by atoms with van der Waals surface area (Å²) in [6.45, 7) is 1.79. The van der Waals surface area contributed by atoms with Gasteiger partial charge in [0.2, 0.25) is 11.5 Å². The molecule has 102 valence electrons. The monoisotopic (exact) mass is 264 g/mol. The molecule has 0 aliphatic carbocycles. The molecule has 19 heavy (non-hydrogen) atoms. The Kier molecular flexibility index (Phi) is 3.64. The Morgan fingerprint density at radius 2 is 1.79 bits per heavy atom. The fraction of sp³-hybridized carbons (Fsp3) is 0.357. The number of hydrogen-bond acceptors (Lipinski definition) is 5. The molecule has 0 fully saturated rings. The molecule has 5 nitrogen and oxygen atoms in total. The summed E-state index contributed by atoms with van der Waals surface area (Å²) in [6, 6.07) is 3.44. The third-order valence-corrected chi connectivity index (χ3v) is 2.91. The van der Waals surface area contributed by atoms with E-state index in [2.05, 4.69) is 0 Å². The van der Waals surface area contributed by atoms with Crippen LogP contribution in [0.2, 0.25) is 0 Å². The maximum Gasteiger partial charge on any atom is 0.208 e. The van der Waals surface area contributed by atoms with Gasteiger partial charge in [0, 0.05) is 11.8 Å². The van der Waals surface area contributed by atoms with Crippen LogP contribution in [-0.2, 0) is 0 Å². The smallest absolute Gasteiger partial charge is 0.208 e. The van der Waals surface area contributed by atoms with Crippen molar-refractivity contribution in [3.8, 4) is 17.2 Å². The number of methoxy groups -OCH3 is 3. The lowest BCUT2D eigenvalue weighted by atomic mass is 10.2. The molecule has 1 heterocycles. The number of ether oxygens (including phenoxy) is 3. The number of ketones is 1. The van der Waals surface area contributed by atoms with Crippen LogP contribution >= 0.6 is 0 Å². The molecule has 0 saturated carbocycles. The van der Waals surface area contributed by atoms with Gasteiger partial charge in [-0.15, -0.1) is 0 Å². The second kappa shape index (κ2) is 5.22. The van der Waals surface area contributed by atoms with Gasteiger partial charge >= 0.3 is 0 Å². The van der Waals surface area contributed by atoms with Gasteiger partial charge in [-0.05, 0) is 12.1 Å². The zero-order valence-electron chi connectivity index (χ0n) is 11.4. The van der Waals surface area contributed by atoms with Crippen molar-refractivity contribution in [1.29, 1.82) is 0 Å². The summed E-state index contributed by atoms with van der Waals surface area (Å²) >= 11 is 0. The topological polar surface area (TPSA) is 57.9 Å². The van der Waals surface area contributed by atoms with Crippen molar-refractivity contribution in [1.82, 2.24) is 0 Å². The molecule has 1 aromatic carbocycles. The van der Waals surface area contributed by atoms with E-state index in [0.717, 1.165) is 5.39 Å². The second-order valence-corrected chi connectivity index (χ2v) is 3.95. The van der Waals surface area contributed by atoms with Crippen molar-refractivity contribution >= 4 is 16.8 Å². The maximum absolute atomic E-state index is 11.7. The molecule has 0 aliphatic rings. The van der Waals surface area contributed by atoms with Crippen molar-refractivity contribution in [3.05, 3.63) is 17.9 Å². The Labute approximate surface area is 111 Å². The van der Waals surface area contributed by atoms with E-state index < -0.39 is 0 Å². The van der Waals surface area contributed by atoms with Crippen molar-refractivity contribution in [2.45, 2.75) is 13.3 Å². The first-order valence-corrected chi connectivity index (χ1v) is 5.91. The van der Waals surface area contributed by atoms with Gasteiger partial charge in [-0.1, -0.05) is 6.92 Å². The minimum atomic E-state index is -0.0591. The lowest BCUT2D eigenvalue weighted by Crippen LogP contribution is -1.94. The Bertz CT molecular complexity index is 612. The van der Waals surface area contributed by atoms with Crippen LogP contribution in [0.3, 0.4) is 0 Å². The van der Waals surface area contributed by atoms with Crippen molar-refractivity contribution in [2.24, 2.45) is 0 Å². The summed E-state index contributed by atoms with van der Waals surface area (Å²) in [5.74, 6) is 1.65. The maximum atomic E-state index is 11.7. The number of benzene rings is 1. The zero-order chi connectivity index (χ0) is 14.0. The number of Topliss-reactive ketones (excluding diaryl/α,β-unsaturated/α-hetero) is 1. The Morgan fingerprint density at radius 3 is 2.32 bits per heavy atom. The van der Waals surface area contributed by atoms with Gasteiger partial charge in [-0.25, -0.2) is 0 Å². The molecular formula is C14H16O5. The van der Waals surface area contributed by atoms with Crippen molar-refractivity contribution in [2.75, 3.05) is 21.3 Å². The van der Waals surface area contributed by atoms with E-state index in [0.29, 0.717) is 35.0 Å². The van der Waals surface area contributed by atoms with Gasteiger partial charge in [0.25, 0.3) is 0 Å². The van der Waals surface area contributed by atoms with Crippen LogP contribution in [0.15, 0.2) is 16.5 Å². The number of furan rings is 1. The summed E-state index contributed by atoms with van der Waals surface area (Å²) in [6.07, 6.45) is 0.385. The molecule has 0 amide bonds. The van der Waals surface area contributed by atoms with Crippen LogP contribution in [0.1, 0.15) is 23.9 Å². The molecule has 0 radical (unpaired) electrons. The first-order valence-electron chi connectivity index (χ1n) is 5.91. The predicted octanol–water partition coefficient (Wildman–Crippen LogP) is 3.05. The first-order chi connectivity index (χ1) is 9.15. The largest absolute Gasteiger partial charge is 0.493 e. The molecule has 0 aliphatic heterocycles. The van der Waals surface area contributed by atoms with Gasteiger partial charge in [0.15, 0.2) is 22.9 Å². The first kappa shape index (κ1) is 13.3. The predicted molar refractivity (Wildman–Crippen MR) is 70.5 cm³/mol. The zero-order valence-corrected chi connectivity index (χ0v) is 11.4. The molecule has 2 aromatic rings. The van der Waals surface area contributed by atoms with E-state index in [1.165, 1.54) is 14.2 Å². The lowest BCUT2D eigenvalue weighted by molar-refractivity contribution is 0.0963. The molecule has 0 atom stereocenters. The highest BCUT2D eigenvalue weighted by atomic mass is 16.5. The number of rotatable bonds is 5. The van der Waals surface area contributed by atoms with E-state index >= 15 is 0 Å². The Morgan fingerprint density at radius 1 is 1.11 bits per heavy atom. The highest BCUT2D eigenvalue weighted by Gasteiger charge is 2.21. The van der Waals surface area contributed by atoms with Gasteiger partial charge in [0.05, 0.1) is 21.3 Å². The van der Waals surface area contributed by atoms with Crippen LogP contribution in [-0.4, -0.2) is 27.1 Å². The van der Waals surface area contributed by atoms with Gasteiger partial charge in [0.1, 0.15) is 0 Å². The van der Waals surface area contributed by atoms with E-state index in [1.54, 1.807) is 26.2 Å². The minimum absolute atomic E-state index is 0.0591. The van der Waals surface area contributed by atoms with E-state index in [-0.39, 0.29) is 5.78 Å². The number of carbonyl (C=O) groups is 1. The molecule has 5 heteroatoms. The van der Waals surface area contributed by atoms with Crippen LogP contribution < -0.4 is 14.2 Å². The summed E-state index contributed by atoms with van der Waals surface area (Å²) < 4.78 is 21.4. The Balaban J connectivity index is 2.73. The van der Waals surface area contributed by atoms with Crippen molar-refractivity contribution in [3.63, 3.8) is 0 Å². The fourth-order valence-electron chi connectivity index (χ4n) is 1.95. The molecule has 0 unspecified atom stereocenters. The van der Waals surface area contributed by atoms with E-state index in [4.69, 9.17) is 18.6 Å². The molecule has 0 N–H and O–H groups in total. The van der Waals surface area contributed by atoms with Gasteiger partial charge in [-0.3, -0.25) is 4.79 Å². The third kappa shape index (κ3) is 2.12. The standard InChI is InChI=1S/C14H16O5/c1-5-9(15)10-6-8-7-11(16-2)13(17-3)14(18-4)12(8)19-10/h6-7H,5H2,1-4H3. The van der Waals surface area contributed by atoms with Crippen LogP contribution in [0.4, 0.5) is 0 Å². The second-order valence-electron chi connectivity index (χ2n) is 3.95. The van der Waals surface area contributed by atoms with Gasteiger partial charge < -0.3 is 18.6 Å². The molecular weight excluding hydrogens is 248 g/mol. The van der Waals surface area contributed by atoms with Gasteiger partial charge in [-0.2, -0.15) is 0 Å². The third-order valence-electron chi connectivity index (χ3n) is 2.91. The molecule has 2 rings (SSSR count). The minimum Gasteiger partial charge on any atom is -0.493 e. The van der Waals surface area contributed by atoms with Crippen LogP contribution in [0, 0.1) is 0 Å². The molecule has 1 aromatic heterocycles. The normalized spacial score (nSPS) is 10.5. The summed E-state index contributed by atoms with van der Waals surface area (Å²) in [7, 11) is 4.58. The quantitative estimate of drug-likeness (QED) is 0.777. The number of hydrogen-bond donors (Lipinski definition) is 0.